The van der Waals surface area contributed by atoms with Crippen LogP contribution >= 0.6 is 0 Å². The van der Waals surface area contributed by atoms with Crippen LogP contribution in [0.2, 0.25) is 0 Å². The van der Waals surface area contributed by atoms with Crippen LogP contribution in [-0.2, 0) is 6.54 Å². The molecule has 1 heterocycles. The molecule has 1 aliphatic rings. The zero-order valence-electron chi connectivity index (χ0n) is 14.6. The lowest BCUT2D eigenvalue weighted by molar-refractivity contribution is -0.384. The Morgan fingerprint density at radius 1 is 1.12 bits per heavy atom. The Kier molecular flexibility index (Phi) is 5.48. The van der Waals surface area contributed by atoms with Crippen molar-refractivity contribution in [2.45, 2.75) is 6.54 Å². The molecule has 26 heavy (non-hydrogen) atoms. The van der Waals surface area contributed by atoms with Gasteiger partial charge in [-0.1, -0.05) is 18.2 Å². The lowest BCUT2D eigenvalue weighted by Gasteiger charge is -2.34. The summed E-state index contributed by atoms with van der Waals surface area (Å²) in [7, 11) is 1.65. The van der Waals surface area contributed by atoms with Gasteiger partial charge in [-0.3, -0.25) is 19.8 Å². The van der Waals surface area contributed by atoms with Crippen LogP contribution in [-0.4, -0.2) is 53.9 Å². The van der Waals surface area contributed by atoms with Crippen LogP contribution in [0.15, 0.2) is 48.5 Å². The number of carbonyl (C=O) groups is 1. The molecule has 1 fully saturated rings. The van der Waals surface area contributed by atoms with Gasteiger partial charge in [-0.15, -0.1) is 0 Å². The molecule has 0 unspecified atom stereocenters. The van der Waals surface area contributed by atoms with Gasteiger partial charge < -0.3 is 9.64 Å². The van der Waals surface area contributed by atoms with Crippen molar-refractivity contribution in [3.63, 3.8) is 0 Å². The second kappa shape index (κ2) is 7.97. The molecule has 7 heteroatoms. The number of hydrogen-bond acceptors (Lipinski definition) is 5. The molecule has 1 amide bonds. The third kappa shape index (κ3) is 4.18. The van der Waals surface area contributed by atoms with Gasteiger partial charge in [0.1, 0.15) is 5.75 Å². The van der Waals surface area contributed by atoms with Crippen LogP contribution in [0.4, 0.5) is 5.69 Å². The lowest BCUT2D eigenvalue weighted by atomic mass is 10.1. The Morgan fingerprint density at radius 3 is 2.42 bits per heavy atom. The van der Waals surface area contributed by atoms with E-state index >= 15 is 0 Å². The molecule has 3 rings (SSSR count). The molecule has 2 aromatic rings. The molecule has 0 bridgehead atoms. The summed E-state index contributed by atoms with van der Waals surface area (Å²) < 4.78 is 5.16. The number of carbonyl (C=O) groups excluding carboxylic acids is 1. The van der Waals surface area contributed by atoms with Crippen LogP contribution in [0.3, 0.4) is 0 Å². The molecule has 0 radical (unpaired) electrons. The molecule has 0 aromatic heterocycles. The fourth-order valence-electron chi connectivity index (χ4n) is 3.03. The first kappa shape index (κ1) is 17.9. The number of ether oxygens (including phenoxy) is 1. The highest BCUT2D eigenvalue weighted by Crippen LogP contribution is 2.17. The van der Waals surface area contributed by atoms with Crippen LogP contribution in [0, 0.1) is 10.1 Å². The molecule has 0 saturated carbocycles. The van der Waals surface area contributed by atoms with Gasteiger partial charge in [0.2, 0.25) is 0 Å². The zero-order valence-corrected chi connectivity index (χ0v) is 14.6. The van der Waals surface area contributed by atoms with E-state index in [1.807, 2.05) is 24.3 Å². The maximum atomic E-state index is 12.6. The van der Waals surface area contributed by atoms with Gasteiger partial charge in [0.05, 0.1) is 12.0 Å². The van der Waals surface area contributed by atoms with Gasteiger partial charge in [-0.25, -0.2) is 0 Å². The van der Waals surface area contributed by atoms with Gasteiger partial charge >= 0.3 is 0 Å². The second-order valence-electron chi connectivity index (χ2n) is 6.22. The van der Waals surface area contributed by atoms with Crippen molar-refractivity contribution in [2.24, 2.45) is 0 Å². The van der Waals surface area contributed by atoms with Gasteiger partial charge in [-0.2, -0.15) is 0 Å². The number of benzene rings is 2. The summed E-state index contributed by atoms with van der Waals surface area (Å²) in [6.45, 7) is 3.58. The first-order valence-corrected chi connectivity index (χ1v) is 8.46. The number of amides is 1. The Labute approximate surface area is 151 Å². The van der Waals surface area contributed by atoms with Crippen molar-refractivity contribution in [1.82, 2.24) is 9.80 Å². The van der Waals surface area contributed by atoms with Crippen molar-refractivity contribution in [3.8, 4) is 5.75 Å². The van der Waals surface area contributed by atoms with E-state index in [0.717, 1.165) is 25.4 Å². The summed E-state index contributed by atoms with van der Waals surface area (Å²) in [6.07, 6.45) is 0. The topological polar surface area (TPSA) is 75.9 Å². The number of piperazine rings is 1. The zero-order chi connectivity index (χ0) is 18.5. The largest absolute Gasteiger partial charge is 0.497 e. The highest BCUT2D eigenvalue weighted by molar-refractivity contribution is 5.94. The molecule has 1 aliphatic heterocycles. The molecule has 0 aliphatic carbocycles. The molecular weight excluding hydrogens is 334 g/mol. The molecule has 0 N–H and O–H groups in total. The summed E-state index contributed by atoms with van der Waals surface area (Å²) in [5, 5.41) is 10.9. The minimum Gasteiger partial charge on any atom is -0.497 e. The summed E-state index contributed by atoms with van der Waals surface area (Å²) in [6, 6.07) is 13.9. The fraction of sp³-hybridized carbons (Fsp3) is 0.316. The average Bonchev–Trinajstić information content (AvgIpc) is 2.68. The van der Waals surface area contributed by atoms with Crippen molar-refractivity contribution >= 4 is 11.6 Å². The highest BCUT2D eigenvalue weighted by atomic mass is 16.6. The molecule has 136 valence electrons. The normalized spacial score (nSPS) is 14.9. The fourth-order valence-corrected chi connectivity index (χ4v) is 3.03. The SMILES string of the molecule is COc1ccc(CN2CCN(C(=O)c3cccc([N+](=O)[O-])c3)CC2)cc1. The Balaban J connectivity index is 1.56. The van der Waals surface area contributed by atoms with E-state index in [4.69, 9.17) is 4.74 Å². The molecule has 1 saturated heterocycles. The van der Waals surface area contributed by atoms with Gasteiger partial charge in [0.25, 0.3) is 11.6 Å². The Bertz CT molecular complexity index is 784. The quantitative estimate of drug-likeness (QED) is 0.609. The third-order valence-corrected chi connectivity index (χ3v) is 4.53. The van der Waals surface area contributed by atoms with Crippen molar-refractivity contribution in [2.75, 3.05) is 33.3 Å². The predicted octanol–water partition coefficient (Wildman–Crippen LogP) is 2.56. The first-order valence-electron chi connectivity index (χ1n) is 8.46. The summed E-state index contributed by atoms with van der Waals surface area (Å²) >= 11 is 0. The average molecular weight is 355 g/mol. The number of nitro groups is 1. The number of rotatable bonds is 5. The van der Waals surface area contributed by atoms with E-state index in [1.54, 1.807) is 24.1 Å². The summed E-state index contributed by atoms with van der Waals surface area (Å²) in [5.74, 6) is 0.680. The Morgan fingerprint density at radius 2 is 1.81 bits per heavy atom. The summed E-state index contributed by atoms with van der Waals surface area (Å²) in [4.78, 5) is 27.0. The maximum absolute atomic E-state index is 12.6. The number of methoxy groups -OCH3 is 1. The number of nitrogens with zero attached hydrogens (tertiary/aromatic N) is 3. The molecule has 2 aromatic carbocycles. The van der Waals surface area contributed by atoms with E-state index in [2.05, 4.69) is 4.90 Å². The van der Waals surface area contributed by atoms with Gasteiger partial charge in [-0.05, 0) is 23.8 Å². The standard InChI is InChI=1S/C19H21N3O4/c1-26-18-7-5-15(6-8-18)14-20-9-11-21(12-10-20)19(23)16-3-2-4-17(13-16)22(24)25/h2-8,13H,9-12,14H2,1H3. The third-order valence-electron chi connectivity index (χ3n) is 4.53. The summed E-state index contributed by atoms with van der Waals surface area (Å²) in [5.41, 5.74) is 1.50. The number of nitro benzene ring substituents is 1. The maximum Gasteiger partial charge on any atom is 0.270 e. The van der Waals surface area contributed by atoms with Crippen LogP contribution < -0.4 is 4.74 Å². The van der Waals surface area contributed by atoms with E-state index < -0.39 is 4.92 Å². The van der Waals surface area contributed by atoms with E-state index in [0.29, 0.717) is 18.7 Å². The van der Waals surface area contributed by atoms with Crippen molar-refractivity contribution < 1.29 is 14.5 Å². The van der Waals surface area contributed by atoms with E-state index in [9.17, 15) is 14.9 Å². The van der Waals surface area contributed by atoms with Crippen LogP contribution in [0.5, 0.6) is 5.75 Å². The monoisotopic (exact) mass is 355 g/mol. The Hall–Kier alpha value is -2.93. The number of hydrogen-bond donors (Lipinski definition) is 0. The van der Waals surface area contributed by atoms with Crippen molar-refractivity contribution in [1.29, 1.82) is 0 Å². The van der Waals surface area contributed by atoms with E-state index in [1.165, 1.54) is 17.7 Å². The minimum atomic E-state index is -0.483. The van der Waals surface area contributed by atoms with Gasteiger partial charge in [0.15, 0.2) is 0 Å². The predicted molar refractivity (Wildman–Crippen MR) is 97.3 cm³/mol. The molecule has 0 atom stereocenters. The lowest BCUT2D eigenvalue weighted by Crippen LogP contribution is -2.48. The first-order chi connectivity index (χ1) is 12.6. The van der Waals surface area contributed by atoms with Gasteiger partial charge in [0, 0.05) is 50.4 Å². The van der Waals surface area contributed by atoms with E-state index in [-0.39, 0.29) is 11.6 Å². The molecular formula is C19H21N3O4. The second-order valence-corrected chi connectivity index (χ2v) is 6.22. The number of non-ortho nitro benzene ring substituents is 1. The smallest absolute Gasteiger partial charge is 0.270 e. The minimum absolute atomic E-state index is 0.0611. The molecule has 0 spiro atoms. The molecule has 7 nitrogen and oxygen atoms in total. The van der Waals surface area contributed by atoms with Crippen LogP contribution in [0.1, 0.15) is 15.9 Å². The van der Waals surface area contributed by atoms with Crippen LogP contribution in [0.25, 0.3) is 0 Å². The van der Waals surface area contributed by atoms with Crippen molar-refractivity contribution in [3.05, 3.63) is 69.8 Å². The highest BCUT2D eigenvalue weighted by Gasteiger charge is 2.23.